The third-order valence-corrected chi connectivity index (χ3v) is 7.03. The van der Waals surface area contributed by atoms with Gasteiger partial charge in [-0.2, -0.15) is 0 Å². The van der Waals surface area contributed by atoms with Gasteiger partial charge in [-0.15, -0.1) is 0 Å². The van der Waals surface area contributed by atoms with Crippen LogP contribution in [0.2, 0.25) is 5.02 Å². The largest absolute Gasteiger partial charge is 0.447 e. The molecule has 8 nitrogen and oxygen atoms in total. The summed E-state index contributed by atoms with van der Waals surface area (Å²) >= 11 is 6.26. The van der Waals surface area contributed by atoms with Crippen molar-refractivity contribution in [2.24, 2.45) is 0 Å². The Bertz CT molecular complexity index is 1200. The van der Waals surface area contributed by atoms with Gasteiger partial charge in [-0.1, -0.05) is 54.1 Å². The highest BCUT2D eigenvalue weighted by Crippen LogP contribution is 2.19. The van der Waals surface area contributed by atoms with Crippen molar-refractivity contribution < 1.29 is 19.1 Å². The van der Waals surface area contributed by atoms with Gasteiger partial charge in [-0.3, -0.25) is 15.0 Å². The van der Waals surface area contributed by atoms with Crippen molar-refractivity contribution in [2.75, 3.05) is 51.8 Å². The number of anilines is 1. The lowest BCUT2D eigenvalue weighted by Crippen LogP contribution is -2.44. The number of nitrogens with zero attached hydrogens (tertiary/aromatic N) is 3. The Morgan fingerprint density at radius 3 is 2.65 bits per heavy atom. The molecular weight excluding hydrogens is 492 g/mol. The summed E-state index contributed by atoms with van der Waals surface area (Å²) in [5.74, 6) is 0.393. The summed E-state index contributed by atoms with van der Waals surface area (Å²) < 4.78 is 11.0. The van der Waals surface area contributed by atoms with Crippen LogP contribution in [0, 0.1) is 0 Å². The number of halogens is 1. The number of aryl methyl sites for hydroxylation is 1. The zero-order valence-corrected chi connectivity index (χ0v) is 21.8. The minimum Gasteiger partial charge on any atom is -0.447 e. The summed E-state index contributed by atoms with van der Waals surface area (Å²) in [5.41, 5.74) is 0.939. The second kappa shape index (κ2) is 13.4. The van der Waals surface area contributed by atoms with Gasteiger partial charge in [-0.25, -0.2) is 9.78 Å². The first-order chi connectivity index (χ1) is 18.0. The van der Waals surface area contributed by atoms with Crippen molar-refractivity contribution in [1.82, 2.24) is 14.8 Å². The molecule has 4 rings (SSSR count). The van der Waals surface area contributed by atoms with Gasteiger partial charge in [0.25, 0.3) is 0 Å². The van der Waals surface area contributed by atoms with Crippen molar-refractivity contribution in [3.63, 3.8) is 0 Å². The molecule has 0 radical (unpaired) electrons. The van der Waals surface area contributed by atoms with E-state index in [1.807, 2.05) is 48.5 Å². The number of carbonyl (C=O) groups excluding carboxylic acids is 2. The first-order valence-corrected chi connectivity index (χ1v) is 12.9. The fourth-order valence-corrected chi connectivity index (χ4v) is 4.56. The highest BCUT2D eigenvalue weighted by Gasteiger charge is 2.23. The van der Waals surface area contributed by atoms with Crippen LogP contribution in [-0.2, 0) is 20.7 Å². The van der Waals surface area contributed by atoms with Gasteiger partial charge in [0.1, 0.15) is 12.4 Å². The smallest absolute Gasteiger partial charge is 0.412 e. The summed E-state index contributed by atoms with van der Waals surface area (Å²) in [4.78, 5) is 33.9. The van der Waals surface area contributed by atoms with Gasteiger partial charge < -0.3 is 14.4 Å². The number of hydrogen-bond acceptors (Lipinski definition) is 6. The maximum atomic E-state index is 13.1. The molecule has 1 saturated heterocycles. The minimum atomic E-state index is -0.601. The molecule has 1 fully saturated rings. The average Bonchev–Trinajstić information content (AvgIpc) is 2.92. The topological polar surface area (TPSA) is 84.0 Å². The number of hydrogen-bond donors (Lipinski definition) is 1. The predicted octanol–water partition coefficient (Wildman–Crippen LogP) is 4.62. The normalized spacial score (nSPS) is 14.8. The molecule has 2 heterocycles. The van der Waals surface area contributed by atoms with Crippen LogP contribution in [-0.4, -0.2) is 79.3 Å². The molecule has 196 valence electrons. The van der Waals surface area contributed by atoms with Crippen molar-refractivity contribution >= 4 is 40.2 Å². The fourth-order valence-electron chi connectivity index (χ4n) is 4.33. The van der Waals surface area contributed by atoms with Crippen molar-refractivity contribution in [1.29, 1.82) is 0 Å². The van der Waals surface area contributed by atoms with Crippen LogP contribution in [0.15, 0.2) is 60.8 Å². The standard InChI is InChI=1S/C28H33ClN4O4/c1-32(27(34)11-10-21-6-4-5-9-25(21)29)24(12-13-33-14-16-36-17-15-33)20-37-28(35)31-26-18-22-7-2-3-8-23(22)19-30-26/h2-9,18-19,24H,10-17,20H2,1H3,(H,30,31,35)/t24-/m0/s1. The Labute approximate surface area is 222 Å². The van der Waals surface area contributed by atoms with Gasteiger partial charge in [-0.05, 0) is 35.9 Å². The molecule has 1 N–H and O–H groups in total. The van der Waals surface area contributed by atoms with Gasteiger partial charge in [0, 0.05) is 49.7 Å². The highest BCUT2D eigenvalue weighted by atomic mass is 35.5. The van der Waals surface area contributed by atoms with E-state index in [1.165, 1.54) is 0 Å². The zero-order valence-electron chi connectivity index (χ0n) is 21.1. The maximum absolute atomic E-state index is 13.1. The van der Waals surface area contributed by atoms with Crippen LogP contribution in [0.25, 0.3) is 10.8 Å². The molecule has 0 aliphatic carbocycles. The molecular formula is C28H33ClN4O4. The van der Waals surface area contributed by atoms with Gasteiger partial charge >= 0.3 is 6.09 Å². The van der Waals surface area contributed by atoms with Crippen LogP contribution in [0.4, 0.5) is 10.6 Å². The number of aromatic nitrogens is 1. The number of nitrogens with one attached hydrogen (secondary N) is 1. The fraction of sp³-hybridized carbons (Fsp3) is 0.393. The van der Waals surface area contributed by atoms with E-state index in [4.69, 9.17) is 21.1 Å². The van der Waals surface area contributed by atoms with E-state index in [0.29, 0.717) is 43.3 Å². The lowest BCUT2D eigenvalue weighted by atomic mass is 10.1. The lowest BCUT2D eigenvalue weighted by molar-refractivity contribution is -0.133. The Morgan fingerprint density at radius 2 is 1.86 bits per heavy atom. The summed E-state index contributed by atoms with van der Waals surface area (Å²) in [6.07, 6.45) is 2.66. The quantitative estimate of drug-likeness (QED) is 0.416. The number of benzene rings is 2. The molecule has 0 bridgehead atoms. The molecule has 1 aromatic heterocycles. The zero-order chi connectivity index (χ0) is 26.0. The number of carbonyl (C=O) groups is 2. The van der Waals surface area contributed by atoms with Crippen molar-refractivity contribution in [3.8, 4) is 0 Å². The molecule has 1 atom stereocenters. The molecule has 0 saturated carbocycles. The van der Waals surface area contributed by atoms with E-state index < -0.39 is 6.09 Å². The second-order valence-electron chi connectivity index (χ2n) is 9.13. The molecule has 37 heavy (non-hydrogen) atoms. The van der Waals surface area contributed by atoms with E-state index in [1.54, 1.807) is 24.2 Å². The lowest BCUT2D eigenvalue weighted by Gasteiger charge is -2.32. The highest BCUT2D eigenvalue weighted by molar-refractivity contribution is 6.31. The molecule has 0 unspecified atom stereocenters. The van der Waals surface area contributed by atoms with E-state index in [2.05, 4.69) is 15.2 Å². The van der Waals surface area contributed by atoms with Crippen LogP contribution in [0.5, 0.6) is 0 Å². The third-order valence-electron chi connectivity index (χ3n) is 6.66. The Kier molecular flexibility index (Phi) is 9.71. The third kappa shape index (κ3) is 7.89. The summed E-state index contributed by atoms with van der Waals surface area (Å²) in [6, 6.07) is 16.9. The van der Waals surface area contributed by atoms with Gasteiger partial charge in [0.05, 0.1) is 19.3 Å². The summed E-state index contributed by atoms with van der Waals surface area (Å²) in [7, 11) is 1.77. The number of morpholine rings is 1. The Balaban J connectivity index is 1.35. The van der Waals surface area contributed by atoms with Crippen LogP contribution < -0.4 is 5.32 Å². The molecule has 1 aliphatic rings. The van der Waals surface area contributed by atoms with Crippen LogP contribution in [0.1, 0.15) is 18.4 Å². The maximum Gasteiger partial charge on any atom is 0.412 e. The van der Waals surface area contributed by atoms with E-state index in [9.17, 15) is 9.59 Å². The molecule has 0 spiro atoms. The first-order valence-electron chi connectivity index (χ1n) is 12.6. The Morgan fingerprint density at radius 1 is 1.14 bits per heavy atom. The van der Waals surface area contributed by atoms with E-state index in [-0.39, 0.29) is 18.6 Å². The second-order valence-corrected chi connectivity index (χ2v) is 9.54. The summed E-state index contributed by atoms with van der Waals surface area (Å²) in [5, 5.41) is 5.31. The number of rotatable bonds is 10. The first kappa shape index (κ1) is 26.9. The Hall–Kier alpha value is -3.20. The van der Waals surface area contributed by atoms with Crippen LogP contribution >= 0.6 is 11.6 Å². The molecule has 2 aromatic carbocycles. The number of likely N-dealkylation sites (N-methyl/N-ethyl adjacent to an activating group) is 1. The minimum absolute atomic E-state index is 0.0212. The van der Waals surface area contributed by atoms with Crippen LogP contribution in [0.3, 0.4) is 0 Å². The van der Waals surface area contributed by atoms with E-state index >= 15 is 0 Å². The van der Waals surface area contributed by atoms with E-state index in [0.717, 1.165) is 36.0 Å². The number of fused-ring (bicyclic) bond motifs is 1. The molecule has 2 amide bonds. The average molecular weight is 525 g/mol. The monoisotopic (exact) mass is 524 g/mol. The van der Waals surface area contributed by atoms with Gasteiger partial charge in [0.15, 0.2) is 0 Å². The van der Waals surface area contributed by atoms with Crippen molar-refractivity contribution in [3.05, 3.63) is 71.4 Å². The molecule has 9 heteroatoms. The number of ether oxygens (including phenoxy) is 2. The molecule has 3 aromatic rings. The summed E-state index contributed by atoms with van der Waals surface area (Å²) in [6.45, 7) is 3.98. The predicted molar refractivity (Wildman–Crippen MR) is 145 cm³/mol. The molecule has 1 aliphatic heterocycles. The SMILES string of the molecule is CN(C(=O)CCc1ccccc1Cl)[C@@H](CCN1CCOCC1)COC(=O)Nc1cc2ccccc2cn1. The number of pyridine rings is 1. The number of amides is 2. The van der Waals surface area contributed by atoms with Crippen molar-refractivity contribution in [2.45, 2.75) is 25.3 Å². The van der Waals surface area contributed by atoms with Gasteiger partial charge in [0.2, 0.25) is 5.91 Å².